The van der Waals surface area contributed by atoms with Gasteiger partial charge in [0, 0.05) is 17.8 Å². The summed E-state index contributed by atoms with van der Waals surface area (Å²) in [4.78, 5) is 11.2. The van der Waals surface area contributed by atoms with Crippen molar-refractivity contribution < 1.29 is 64.6 Å². The quantitative estimate of drug-likeness (QED) is 0.169. The Hall–Kier alpha value is -0.645. The highest BCUT2D eigenvalue weighted by Crippen LogP contribution is 2.38. The van der Waals surface area contributed by atoms with Gasteiger partial charge in [0.05, 0.1) is 38.7 Å². The fourth-order valence-electron chi connectivity index (χ4n) is 3.54. The Labute approximate surface area is 199 Å². The van der Waals surface area contributed by atoms with E-state index in [1.807, 2.05) is 0 Å². The molecule has 16 heteroatoms. The molecule has 0 aromatic heterocycles. The van der Waals surface area contributed by atoms with Crippen LogP contribution in [0.15, 0.2) is 0 Å². The van der Waals surface area contributed by atoms with E-state index in [4.69, 9.17) is 53.8 Å². The molecule has 0 bridgehead atoms. The molecule has 190 valence electrons. The molecule has 0 unspecified atom stereocenters. The van der Waals surface area contributed by atoms with E-state index in [9.17, 15) is 29.6 Å². The zero-order valence-electron chi connectivity index (χ0n) is 18.7. The predicted octanol–water partition coefficient (Wildman–Crippen LogP) is -5.88. The van der Waals surface area contributed by atoms with Crippen LogP contribution in [0.4, 0.5) is 4.39 Å². The molecule has 2 aliphatic heterocycles. The van der Waals surface area contributed by atoms with Crippen molar-refractivity contribution in [2.45, 2.75) is 79.2 Å². The van der Waals surface area contributed by atoms with E-state index >= 15 is 0 Å². The summed E-state index contributed by atoms with van der Waals surface area (Å²) in [7, 11) is 15.7. The van der Waals surface area contributed by atoms with E-state index in [-0.39, 0.29) is 6.61 Å². The SMILES string of the molecule is [B][C@@H]1C(=O)[C@H](CO)[C@@H](O)[C@@]1(C)O.[B][C@@H]1O[C@H](CO)[C@](C)(O)[C@H]1O.[B][C@@H]1O[C@](F)(CO)[C@@H](O)[C@H]1O. The van der Waals surface area contributed by atoms with Crippen molar-refractivity contribution >= 4 is 29.3 Å². The van der Waals surface area contributed by atoms with Crippen LogP contribution in [0.25, 0.3) is 0 Å². The van der Waals surface area contributed by atoms with E-state index in [0.717, 1.165) is 0 Å². The van der Waals surface area contributed by atoms with E-state index in [0.29, 0.717) is 0 Å². The Morgan fingerprint density at radius 3 is 1.59 bits per heavy atom. The van der Waals surface area contributed by atoms with Gasteiger partial charge in [0.15, 0.2) is 0 Å². The van der Waals surface area contributed by atoms with Crippen molar-refractivity contribution in [3.8, 4) is 0 Å². The van der Waals surface area contributed by atoms with Gasteiger partial charge in [0.2, 0.25) is 0 Å². The first-order valence-corrected chi connectivity index (χ1v) is 10.3. The van der Waals surface area contributed by atoms with Gasteiger partial charge >= 0.3 is 0 Å². The number of hydrogen-bond acceptors (Lipinski definition) is 12. The lowest BCUT2D eigenvalue weighted by atomic mass is 9.75. The summed E-state index contributed by atoms with van der Waals surface area (Å²) in [6, 6.07) is -2.20. The van der Waals surface area contributed by atoms with Gasteiger partial charge in [-0.05, 0) is 13.8 Å². The number of rotatable bonds is 3. The lowest BCUT2D eigenvalue weighted by Crippen LogP contribution is -2.46. The monoisotopic (exact) mass is 490 g/mol. The van der Waals surface area contributed by atoms with Crippen molar-refractivity contribution in [2.24, 2.45) is 5.92 Å². The third-order valence-corrected chi connectivity index (χ3v) is 6.18. The summed E-state index contributed by atoms with van der Waals surface area (Å²) in [6.45, 7) is 0.807. The number of ketones is 1. The number of halogens is 1. The molecule has 0 aromatic rings. The molecule has 6 radical (unpaired) electrons. The number of aliphatic hydroxyl groups excluding tert-OH is 7. The number of carbonyl (C=O) groups is 1. The molecule has 34 heavy (non-hydrogen) atoms. The van der Waals surface area contributed by atoms with Crippen LogP contribution in [0.2, 0.25) is 5.82 Å². The second-order valence-corrected chi connectivity index (χ2v) is 8.74. The average molecular weight is 490 g/mol. The van der Waals surface area contributed by atoms with Crippen molar-refractivity contribution in [3.05, 3.63) is 0 Å². The molecule has 3 rings (SSSR count). The molecule has 3 aliphatic rings. The van der Waals surface area contributed by atoms with E-state index in [1.165, 1.54) is 13.8 Å². The summed E-state index contributed by atoms with van der Waals surface area (Å²) in [6.07, 6.45) is -6.49. The molecule has 1 aliphatic carbocycles. The normalized spacial score (nSPS) is 50.4. The molecule has 3 fully saturated rings. The van der Waals surface area contributed by atoms with Crippen molar-refractivity contribution in [1.82, 2.24) is 0 Å². The smallest absolute Gasteiger partial charge is 0.260 e. The Kier molecular flexibility index (Phi) is 10.7. The summed E-state index contributed by atoms with van der Waals surface area (Å²) in [5.74, 6) is -5.17. The van der Waals surface area contributed by atoms with Gasteiger partial charge < -0.3 is 55.4 Å². The fraction of sp³-hybridized carbons (Fsp3) is 0.944. The number of hydrogen-bond donors (Lipinski definition) is 9. The molecule has 9 N–H and O–H groups in total. The van der Waals surface area contributed by atoms with Crippen LogP contribution < -0.4 is 0 Å². The summed E-state index contributed by atoms with van der Waals surface area (Å²) in [5, 5.41) is 81.1. The Morgan fingerprint density at radius 2 is 1.41 bits per heavy atom. The minimum atomic E-state index is -2.63. The Bertz CT molecular complexity index is 686. The molecular formula is C18H30B3FO12. The number of Topliss-reactive ketones (excluding diaryl/α,β-unsaturated/α-hetero) is 1. The molecule has 0 aromatic carbocycles. The van der Waals surface area contributed by atoms with Crippen LogP contribution in [-0.4, -0.2) is 155 Å². The zero-order valence-corrected chi connectivity index (χ0v) is 18.7. The minimum absolute atomic E-state index is 0.349. The van der Waals surface area contributed by atoms with Crippen LogP contribution in [0, 0.1) is 5.92 Å². The summed E-state index contributed by atoms with van der Waals surface area (Å²) < 4.78 is 22.1. The van der Waals surface area contributed by atoms with Gasteiger partial charge in [-0.15, -0.1) is 0 Å². The van der Waals surface area contributed by atoms with Gasteiger partial charge in [-0.25, -0.2) is 4.39 Å². The van der Waals surface area contributed by atoms with Crippen LogP contribution >= 0.6 is 0 Å². The fourth-order valence-corrected chi connectivity index (χ4v) is 3.54. The van der Waals surface area contributed by atoms with E-state index in [2.05, 4.69) is 4.74 Å². The molecule has 12 atom stereocenters. The van der Waals surface area contributed by atoms with Gasteiger partial charge in [-0.2, -0.15) is 0 Å². The highest BCUT2D eigenvalue weighted by atomic mass is 19.2. The third-order valence-electron chi connectivity index (χ3n) is 6.18. The lowest BCUT2D eigenvalue weighted by Gasteiger charge is -2.25. The first kappa shape index (κ1) is 31.4. The van der Waals surface area contributed by atoms with Crippen LogP contribution in [0.5, 0.6) is 0 Å². The van der Waals surface area contributed by atoms with Gasteiger partial charge in [0.1, 0.15) is 58.1 Å². The summed E-state index contributed by atoms with van der Waals surface area (Å²) in [5.41, 5.74) is -3.07. The average Bonchev–Trinajstić information content (AvgIpc) is 3.18. The van der Waals surface area contributed by atoms with Gasteiger partial charge in [-0.1, -0.05) is 0 Å². The second kappa shape index (κ2) is 11.6. The maximum absolute atomic E-state index is 13.0. The minimum Gasteiger partial charge on any atom is -0.396 e. The molecule has 0 spiro atoms. The highest BCUT2D eigenvalue weighted by molar-refractivity contribution is 6.26. The van der Waals surface area contributed by atoms with Crippen molar-refractivity contribution in [1.29, 1.82) is 0 Å². The van der Waals surface area contributed by atoms with Crippen LogP contribution in [-0.2, 0) is 14.3 Å². The van der Waals surface area contributed by atoms with E-state index in [1.54, 1.807) is 0 Å². The molecule has 2 saturated heterocycles. The van der Waals surface area contributed by atoms with Crippen LogP contribution in [0.3, 0.4) is 0 Å². The van der Waals surface area contributed by atoms with Gasteiger partial charge in [0.25, 0.3) is 5.85 Å². The van der Waals surface area contributed by atoms with Gasteiger partial charge in [-0.3, -0.25) is 4.79 Å². The second-order valence-electron chi connectivity index (χ2n) is 8.74. The first-order chi connectivity index (χ1) is 15.4. The maximum atomic E-state index is 13.0. The third kappa shape index (κ3) is 6.01. The zero-order chi connectivity index (χ0) is 26.8. The maximum Gasteiger partial charge on any atom is 0.260 e. The van der Waals surface area contributed by atoms with Crippen molar-refractivity contribution in [2.75, 3.05) is 19.8 Å². The topological polar surface area (TPSA) is 218 Å². The molecule has 2 heterocycles. The lowest BCUT2D eigenvalue weighted by molar-refractivity contribution is -0.186. The van der Waals surface area contributed by atoms with E-state index < -0.39 is 90.3 Å². The number of ether oxygens (including phenoxy) is 2. The largest absolute Gasteiger partial charge is 0.396 e. The summed E-state index contributed by atoms with van der Waals surface area (Å²) >= 11 is 0. The molecule has 0 amide bonds. The molecular weight excluding hydrogens is 460 g/mol. The molecule has 1 saturated carbocycles. The number of carbonyl (C=O) groups excluding carboxylic acids is 1. The highest BCUT2D eigenvalue weighted by Gasteiger charge is 2.54. The Balaban J connectivity index is 0.000000255. The predicted molar refractivity (Wildman–Crippen MR) is 113 cm³/mol. The standard InChI is InChI=1S/C7H11BO4.C6H11BO4.C5H8BFO4/c1-7(12)5(8)4(10)3(2-9)6(7)11;1-6(10)3(2-8)11-5(7)4(6)9;6-4-2(9)3(10)5(7,1-8)11-4/h3,5-6,9,11-12H,2H2,1H3;3-5,8-10H,2H2,1H3;2-4,8-10H,1H2/t3-,5+,6+,7-;3-,4+,5-,6+;2-,3+,4-,5-/m011/s1. The number of aliphatic hydroxyl groups is 9. The Morgan fingerprint density at radius 1 is 0.882 bits per heavy atom. The van der Waals surface area contributed by atoms with Crippen LogP contribution in [0.1, 0.15) is 13.8 Å². The first-order valence-electron chi connectivity index (χ1n) is 10.3. The molecule has 12 nitrogen and oxygen atoms in total. The number of alkyl halides is 1. The van der Waals surface area contributed by atoms with Crippen molar-refractivity contribution in [3.63, 3.8) is 0 Å².